The Hall–Kier alpha value is -1.06. The predicted molar refractivity (Wildman–Crippen MR) is 63.3 cm³/mol. The lowest BCUT2D eigenvalue weighted by atomic mass is 9.84. The van der Waals surface area contributed by atoms with E-state index < -0.39 is 17.4 Å². The standard InChI is InChI=1S/C13H22O4/c1-5-9-7-13(11(14)16-3,12(15)17-4)8-10(9)6-2/h9-10H,5-8H2,1-4H3/t9-,10-/m1/s1. The molecule has 17 heavy (non-hydrogen) atoms. The molecule has 98 valence electrons. The van der Waals surface area contributed by atoms with Gasteiger partial charge in [0.2, 0.25) is 0 Å². The molecule has 0 N–H and O–H groups in total. The van der Waals surface area contributed by atoms with E-state index in [2.05, 4.69) is 13.8 Å². The fourth-order valence-electron chi connectivity index (χ4n) is 3.07. The average Bonchev–Trinajstić information content (AvgIpc) is 2.76. The number of hydrogen-bond acceptors (Lipinski definition) is 4. The van der Waals surface area contributed by atoms with Gasteiger partial charge in [0, 0.05) is 0 Å². The van der Waals surface area contributed by atoms with Gasteiger partial charge in [0.15, 0.2) is 5.41 Å². The summed E-state index contributed by atoms with van der Waals surface area (Å²) in [5.74, 6) is -0.0890. The van der Waals surface area contributed by atoms with Gasteiger partial charge >= 0.3 is 11.9 Å². The molecule has 0 bridgehead atoms. The molecule has 0 aromatic rings. The number of hydrogen-bond donors (Lipinski definition) is 0. The van der Waals surface area contributed by atoms with E-state index in [0.717, 1.165) is 12.8 Å². The highest BCUT2D eigenvalue weighted by Gasteiger charge is 2.56. The fraction of sp³-hybridized carbons (Fsp3) is 0.846. The molecule has 1 saturated carbocycles. The van der Waals surface area contributed by atoms with E-state index >= 15 is 0 Å². The second-order valence-electron chi connectivity index (χ2n) is 4.81. The Morgan fingerprint density at radius 1 is 1.00 bits per heavy atom. The largest absolute Gasteiger partial charge is 0.468 e. The summed E-state index contributed by atoms with van der Waals surface area (Å²) in [6.07, 6.45) is 3.07. The van der Waals surface area contributed by atoms with Gasteiger partial charge in [0.1, 0.15) is 0 Å². The second-order valence-corrected chi connectivity index (χ2v) is 4.81. The first kappa shape index (κ1) is 14.0. The van der Waals surface area contributed by atoms with E-state index in [0.29, 0.717) is 24.7 Å². The number of methoxy groups -OCH3 is 2. The van der Waals surface area contributed by atoms with Crippen molar-refractivity contribution in [2.75, 3.05) is 14.2 Å². The van der Waals surface area contributed by atoms with Crippen molar-refractivity contribution in [1.29, 1.82) is 0 Å². The van der Waals surface area contributed by atoms with Crippen LogP contribution in [0.2, 0.25) is 0 Å². The molecule has 0 aliphatic heterocycles. The van der Waals surface area contributed by atoms with Crippen LogP contribution < -0.4 is 0 Å². The molecule has 2 atom stereocenters. The van der Waals surface area contributed by atoms with Crippen LogP contribution in [0.5, 0.6) is 0 Å². The van der Waals surface area contributed by atoms with Gasteiger partial charge in [-0.3, -0.25) is 9.59 Å². The van der Waals surface area contributed by atoms with Crippen molar-refractivity contribution in [2.24, 2.45) is 17.3 Å². The van der Waals surface area contributed by atoms with Gasteiger partial charge in [-0.15, -0.1) is 0 Å². The number of ether oxygens (including phenoxy) is 2. The van der Waals surface area contributed by atoms with Crippen LogP contribution in [-0.4, -0.2) is 26.2 Å². The molecule has 1 rings (SSSR count). The minimum atomic E-state index is -1.06. The summed E-state index contributed by atoms with van der Waals surface area (Å²) < 4.78 is 9.61. The summed E-state index contributed by atoms with van der Waals surface area (Å²) in [4.78, 5) is 23.9. The summed E-state index contributed by atoms with van der Waals surface area (Å²) in [7, 11) is 2.65. The highest BCUT2D eigenvalue weighted by atomic mass is 16.5. The molecule has 0 saturated heterocycles. The molecule has 1 aliphatic rings. The molecule has 0 radical (unpaired) electrons. The maximum Gasteiger partial charge on any atom is 0.323 e. The Bertz CT molecular complexity index is 268. The van der Waals surface area contributed by atoms with E-state index in [1.165, 1.54) is 14.2 Å². The van der Waals surface area contributed by atoms with Gasteiger partial charge in [-0.1, -0.05) is 26.7 Å². The van der Waals surface area contributed by atoms with Crippen molar-refractivity contribution in [1.82, 2.24) is 0 Å². The van der Waals surface area contributed by atoms with Gasteiger partial charge in [-0.05, 0) is 24.7 Å². The quantitative estimate of drug-likeness (QED) is 0.560. The second kappa shape index (κ2) is 5.52. The van der Waals surface area contributed by atoms with Crippen LogP contribution in [0.4, 0.5) is 0 Å². The van der Waals surface area contributed by atoms with Crippen LogP contribution in [0.1, 0.15) is 39.5 Å². The van der Waals surface area contributed by atoms with Crippen LogP contribution >= 0.6 is 0 Å². The fourth-order valence-corrected chi connectivity index (χ4v) is 3.07. The summed E-state index contributed by atoms with van der Waals surface area (Å²) in [5, 5.41) is 0. The lowest BCUT2D eigenvalue weighted by Gasteiger charge is -2.23. The highest BCUT2D eigenvalue weighted by molar-refractivity contribution is 6.00. The Balaban J connectivity index is 3.02. The van der Waals surface area contributed by atoms with Crippen LogP contribution in [0, 0.1) is 17.3 Å². The third kappa shape index (κ3) is 2.31. The Morgan fingerprint density at radius 2 is 1.35 bits per heavy atom. The lowest BCUT2D eigenvalue weighted by molar-refractivity contribution is -0.169. The van der Waals surface area contributed by atoms with Crippen LogP contribution in [0.3, 0.4) is 0 Å². The summed E-state index contributed by atoms with van der Waals surface area (Å²) >= 11 is 0. The number of carbonyl (C=O) groups excluding carboxylic acids is 2. The van der Waals surface area contributed by atoms with Crippen LogP contribution in [0.25, 0.3) is 0 Å². The molecule has 1 aliphatic carbocycles. The third-order valence-corrected chi connectivity index (χ3v) is 4.09. The number of rotatable bonds is 4. The molecule has 0 aromatic carbocycles. The van der Waals surface area contributed by atoms with E-state index in [1.807, 2.05) is 0 Å². The van der Waals surface area contributed by atoms with E-state index in [1.54, 1.807) is 0 Å². The smallest absolute Gasteiger partial charge is 0.323 e. The molecular formula is C13H22O4. The monoisotopic (exact) mass is 242 g/mol. The molecule has 0 aromatic heterocycles. The minimum Gasteiger partial charge on any atom is -0.468 e. The summed E-state index contributed by atoms with van der Waals surface area (Å²) in [5.41, 5.74) is -1.06. The Kier molecular flexibility index (Phi) is 4.54. The lowest BCUT2D eigenvalue weighted by Crippen LogP contribution is -2.39. The van der Waals surface area contributed by atoms with E-state index in [9.17, 15) is 9.59 Å². The zero-order chi connectivity index (χ0) is 13.1. The van der Waals surface area contributed by atoms with Crippen molar-refractivity contribution < 1.29 is 19.1 Å². The van der Waals surface area contributed by atoms with Crippen LogP contribution in [0.15, 0.2) is 0 Å². The van der Waals surface area contributed by atoms with E-state index in [-0.39, 0.29) is 0 Å². The van der Waals surface area contributed by atoms with Gasteiger partial charge in [-0.2, -0.15) is 0 Å². The Labute approximate surface area is 103 Å². The molecular weight excluding hydrogens is 220 g/mol. The molecule has 0 unspecified atom stereocenters. The third-order valence-electron chi connectivity index (χ3n) is 4.09. The molecule has 4 heteroatoms. The number of carbonyl (C=O) groups is 2. The first-order valence-electron chi connectivity index (χ1n) is 6.22. The Morgan fingerprint density at radius 3 is 1.59 bits per heavy atom. The maximum atomic E-state index is 11.9. The van der Waals surface area contributed by atoms with Gasteiger partial charge in [-0.25, -0.2) is 0 Å². The maximum absolute atomic E-state index is 11.9. The van der Waals surface area contributed by atoms with Gasteiger partial charge in [0.05, 0.1) is 14.2 Å². The van der Waals surface area contributed by atoms with Crippen molar-refractivity contribution >= 4 is 11.9 Å². The highest BCUT2D eigenvalue weighted by Crippen LogP contribution is 2.49. The van der Waals surface area contributed by atoms with Crippen molar-refractivity contribution in [3.05, 3.63) is 0 Å². The molecule has 4 nitrogen and oxygen atoms in total. The van der Waals surface area contributed by atoms with E-state index in [4.69, 9.17) is 9.47 Å². The van der Waals surface area contributed by atoms with Gasteiger partial charge in [0.25, 0.3) is 0 Å². The predicted octanol–water partition coefficient (Wildman–Crippen LogP) is 2.17. The van der Waals surface area contributed by atoms with Gasteiger partial charge < -0.3 is 9.47 Å². The first-order valence-corrected chi connectivity index (χ1v) is 6.22. The first-order chi connectivity index (χ1) is 8.05. The molecule has 0 spiro atoms. The molecule has 1 fully saturated rings. The summed E-state index contributed by atoms with van der Waals surface area (Å²) in [6.45, 7) is 4.19. The molecule has 0 amide bonds. The van der Waals surface area contributed by atoms with Crippen molar-refractivity contribution in [2.45, 2.75) is 39.5 Å². The minimum absolute atomic E-state index is 0.401. The van der Waals surface area contributed by atoms with Crippen molar-refractivity contribution in [3.8, 4) is 0 Å². The summed E-state index contributed by atoms with van der Waals surface area (Å²) in [6, 6.07) is 0. The average molecular weight is 242 g/mol. The molecule has 0 heterocycles. The number of esters is 2. The van der Waals surface area contributed by atoms with Crippen LogP contribution in [-0.2, 0) is 19.1 Å². The normalized spacial score (nSPS) is 26.6. The van der Waals surface area contributed by atoms with Crippen molar-refractivity contribution in [3.63, 3.8) is 0 Å². The zero-order valence-electron chi connectivity index (χ0n) is 11.1. The SMILES string of the molecule is CC[C@@H]1CC(C(=O)OC)(C(=O)OC)C[C@H]1CC. The topological polar surface area (TPSA) is 52.6 Å². The zero-order valence-corrected chi connectivity index (χ0v) is 11.1.